The molecule has 6 aromatic carbocycles. The summed E-state index contributed by atoms with van der Waals surface area (Å²) in [6.45, 7) is 6.81. The number of amides is 5. The summed E-state index contributed by atoms with van der Waals surface area (Å²) >= 11 is 12.5. The van der Waals surface area contributed by atoms with Gasteiger partial charge < -0.3 is 50.6 Å². The molecule has 0 atom stereocenters. The standard InChI is InChI=1S/C31H27ClN8O.C28H22ClN7O.C28H22N6O.C27H21N7O/c1-39-8-10-40(11-9-39)31(41)35-23-13-20(16-33-18-23)21-14-26-29(37-38-30(26)34-17-21)28-15-25-24(6-3-7-27(25)36-28)19-4-2-5-22(32)12-19;1-36(2)28(37)32-20-10-17(13-30-15-20)18-11-23-26(34-35-27(23)31-14-18)25-12-22-21(7-4-8-24(22)33-25)16-5-3-6-19(29)9-16;1-2-20(35)13-19-10-9-17(15-30-19)18-12-23-27(33-34-28(23)31-16-18)26-14-22-21(6-5-8-25(22)32-26)24-7-3-4-11-29-24;1-2-25(35)31-18-10-16(13-28-15-18)17-11-21-26(33-34-27(21)30-14-17)24-12-20-19(6-5-8-23(20)32-24)22-7-3-4-9-29-22/h2-7,12-18,36H,8-11H2,1H3,(H,35,41)(H,34,37,38);3-15,33H,1-2H3,(H,32,37)(H,31,34,35);3-12,14-16,32H,2,13H2,1H3,(H,31,33,34);3-15,32H,2H2,1H3,(H,31,35)(H,30,33,34). The predicted molar refractivity (Wildman–Crippen MR) is 584 cm³/mol. The fraction of sp³-hybridized carbons (Fsp3) is 0.105. The molecule has 1 aliphatic rings. The first-order valence-corrected chi connectivity index (χ1v) is 48.7. The number of nitrogens with one attached hydrogen (secondary N) is 11. The van der Waals surface area contributed by atoms with E-state index in [0.29, 0.717) is 82.0 Å². The summed E-state index contributed by atoms with van der Waals surface area (Å²) in [7, 11) is 5.44. The number of H-pyrrole nitrogens is 8. The van der Waals surface area contributed by atoms with Crippen LogP contribution in [0.25, 0.3) is 223 Å². The molecule has 726 valence electrons. The van der Waals surface area contributed by atoms with Crippen molar-refractivity contribution in [2.24, 2.45) is 0 Å². The van der Waals surface area contributed by atoms with E-state index < -0.39 is 0 Å². The van der Waals surface area contributed by atoms with Gasteiger partial charge in [0.25, 0.3) is 0 Å². The number of fused-ring (bicyclic) bond motifs is 8. The molecule has 1 fully saturated rings. The lowest BCUT2D eigenvalue weighted by atomic mass is 10.0. The number of urea groups is 2. The first-order valence-electron chi connectivity index (χ1n) is 47.9. The summed E-state index contributed by atoms with van der Waals surface area (Å²) in [4.78, 5) is 113. The molecule has 0 aliphatic carbocycles. The Morgan fingerprint density at radius 2 is 0.709 bits per heavy atom. The van der Waals surface area contributed by atoms with E-state index in [0.717, 1.165) is 219 Å². The Morgan fingerprint density at radius 1 is 0.338 bits per heavy atom. The van der Waals surface area contributed by atoms with Crippen LogP contribution in [-0.4, -0.2) is 196 Å². The Labute approximate surface area is 854 Å². The van der Waals surface area contributed by atoms with Gasteiger partial charge in [-0.25, -0.2) is 29.5 Å². The molecule has 5 amide bonds. The van der Waals surface area contributed by atoms with Crippen molar-refractivity contribution >= 4 is 152 Å². The Balaban J connectivity index is 0.000000112. The molecule has 25 rings (SSSR count). The van der Waals surface area contributed by atoms with Crippen LogP contribution in [0.15, 0.2) is 317 Å². The summed E-state index contributed by atoms with van der Waals surface area (Å²) < 4.78 is 0. The van der Waals surface area contributed by atoms with Gasteiger partial charge in [-0.3, -0.25) is 59.9 Å². The Morgan fingerprint density at radius 3 is 1.08 bits per heavy atom. The number of aromatic nitrogens is 22. The molecule has 24 aromatic rings. The first-order chi connectivity index (χ1) is 72.4. The second kappa shape index (κ2) is 41.2. The highest BCUT2D eigenvalue weighted by Crippen LogP contribution is 2.43. The zero-order valence-electron chi connectivity index (χ0n) is 80.5. The number of carbonyl (C=O) groups is 4. The predicted octanol–water partition coefficient (Wildman–Crippen LogP) is 24.2. The average Bonchev–Trinajstić information content (AvgIpc) is 1.62. The van der Waals surface area contributed by atoms with Crippen molar-refractivity contribution in [1.82, 2.24) is 125 Å². The fourth-order valence-electron chi connectivity index (χ4n) is 18.2. The third kappa shape index (κ3) is 19.8. The van der Waals surface area contributed by atoms with Crippen LogP contribution in [0, 0.1) is 0 Å². The third-order valence-electron chi connectivity index (χ3n) is 26.0. The molecule has 19 heterocycles. The van der Waals surface area contributed by atoms with Gasteiger partial charge in [0.2, 0.25) is 5.91 Å². The zero-order chi connectivity index (χ0) is 101. The number of Topliss-reactive ketones (excluding diaryl/α,β-unsaturated/α-hetero) is 1. The van der Waals surface area contributed by atoms with Crippen molar-refractivity contribution < 1.29 is 19.2 Å². The molecule has 11 N–H and O–H groups in total. The van der Waals surface area contributed by atoms with Gasteiger partial charge in [0.1, 0.15) is 5.78 Å². The second-order valence-electron chi connectivity index (χ2n) is 36.0. The highest BCUT2D eigenvalue weighted by Gasteiger charge is 2.25. The molecule has 0 saturated carbocycles. The summed E-state index contributed by atoms with van der Waals surface area (Å²) in [5.41, 5.74) is 31.6. The number of carbonyl (C=O) groups excluding carboxylic acids is 4. The summed E-state index contributed by atoms with van der Waals surface area (Å²) in [5, 5.41) is 48.3. The van der Waals surface area contributed by atoms with E-state index in [2.05, 4.69) is 223 Å². The van der Waals surface area contributed by atoms with Gasteiger partial charge in [0.15, 0.2) is 22.6 Å². The van der Waals surface area contributed by atoms with Crippen molar-refractivity contribution in [3.8, 4) is 135 Å². The smallest absolute Gasteiger partial charge is 0.321 e. The number of benzene rings is 6. The number of hydrogen-bond acceptors (Lipinski definition) is 19. The summed E-state index contributed by atoms with van der Waals surface area (Å²) in [5.74, 6) is 0.124. The molecule has 34 heteroatoms. The van der Waals surface area contributed by atoms with Gasteiger partial charge in [-0.05, 0) is 175 Å². The van der Waals surface area contributed by atoms with E-state index in [9.17, 15) is 19.2 Å². The molecule has 0 radical (unpaired) electrons. The largest absolute Gasteiger partial charge is 0.353 e. The number of aromatic amines is 8. The van der Waals surface area contributed by atoms with Crippen molar-refractivity contribution in [2.45, 2.75) is 33.1 Å². The minimum absolute atomic E-state index is 0.0569. The minimum Gasteiger partial charge on any atom is -0.353 e. The van der Waals surface area contributed by atoms with Crippen LogP contribution in [-0.2, 0) is 16.0 Å². The molecule has 0 spiro atoms. The van der Waals surface area contributed by atoms with E-state index in [1.54, 1.807) is 94.7 Å². The minimum atomic E-state index is -0.222. The lowest BCUT2D eigenvalue weighted by Crippen LogP contribution is -2.48. The van der Waals surface area contributed by atoms with Crippen LogP contribution < -0.4 is 16.0 Å². The average molecular weight is 1990 g/mol. The van der Waals surface area contributed by atoms with Gasteiger partial charge in [-0.15, -0.1) is 0 Å². The van der Waals surface area contributed by atoms with E-state index in [1.807, 2.05) is 170 Å². The number of ketones is 1. The normalized spacial score (nSPS) is 12.1. The van der Waals surface area contributed by atoms with E-state index in [4.69, 9.17) is 23.2 Å². The summed E-state index contributed by atoms with van der Waals surface area (Å²) in [6, 6.07) is 78.1. The van der Waals surface area contributed by atoms with Crippen LogP contribution in [0.3, 0.4) is 0 Å². The third-order valence-corrected chi connectivity index (χ3v) is 26.4. The lowest BCUT2D eigenvalue weighted by molar-refractivity contribution is -0.118. The fourth-order valence-corrected chi connectivity index (χ4v) is 18.6. The second-order valence-corrected chi connectivity index (χ2v) is 36.8. The van der Waals surface area contributed by atoms with Gasteiger partial charge in [0.05, 0.1) is 92.6 Å². The molecule has 148 heavy (non-hydrogen) atoms. The molecular weight excluding hydrogens is 1900 g/mol. The van der Waals surface area contributed by atoms with Crippen LogP contribution in [0.1, 0.15) is 32.4 Å². The van der Waals surface area contributed by atoms with Gasteiger partial charge in [0, 0.05) is 258 Å². The van der Waals surface area contributed by atoms with Crippen molar-refractivity contribution in [3.63, 3.8) is 0 Å². The highest BCUT2D eigenvalue weighted by atomic mass is 35.5. The van der Waals surface area contributed by atoms with Gasteiger partial charge in [-0.2, -0.15) is 20.4 Å². The zero-order valence-corrected chi connectivity index (χ0v) is 82.0. The number of halogens is 2. The number of hydrogen-bond donors (Lipinski definition) is 11. The Bertz CT molecular complexity index is 9130. The Kier molecular flexibility index (Phi) is 26.2. The van der Waals surface area contributed by atoms with Crippen LogP contribution in [0.4, 0.5) is 26.7 Å². The van der Waals surface area contributed by atoms with E-state index in [-0.39, 0.29) is 23.8 Å². The highest BCUT2D eigenvalue weighted by molar-refractivity contribution is 6.31. The lowest BCUT2D eigenvalue weighted by Gasteiger charge is -2.32. The van der Waals surface area contributed by atoms with E-state index >= 15 is 0 Å². The molecular formula is C114H92Cl2N28O4. The molecule has 0 bridgehead atoms. The van der Waals surface area contributed by atoms with Crippen LogP contribution >= 0.6 is 23.2 Å². The first kappa shape index (κ1) is 94.0. The molecule has 18 aromatic heterocycles. The maximum absolute atomic E-state index is 12.8. The number of anilines is 3. The number of piperazine rings is 1. The van der Waals surface area contributed by atoms with Crippen molar-refractivity contribution in [3.05, 3.63) is 333 Å². The topological polar surface area (TPSA) is 421 Å². The van der Waals surface area contributed by atoms with Gasteiger partial charge in [-0.1, -0.05) is 128 Å². The van der Waals surface area contributed by atoms with Crippen LogP contribution in [0.2, 0.25) is 10.0 Å². The molecule has 0 unspecified atom stereocenters. The maximum Gasteiger partial charge on any atom is 0.321 e. The van der Waals surface area contributed by atoms with Crippen LogP contribution in [0.5, 0.6) is 0 Å². The number of likely N-dealkylation sites (N-methyl/N-ethyl adjacent to an activating group) is 1. The number of rotatable bonds is 19. The molecule has 1 saturated heterocycles. The van der Waals surface area contributed by atoms with Gasteiger partial charge >= 0.3 is 12.1 Å². The molecule has 32 nitrogen and oxygen atoms in total. The maximum atomic E-state index is 12.8. The number of nitrogens with zero attached hydrogens (tertiary/aromatic N) is 17. The monoisotopic (exact) mass is 1990 g/mol. The number of pyridine rings is 10. The van der Waals surface area contributed by atoms with Crippen molar-refractivity contribution in [2.75, 3.05) is 63.3 Å². The Hall–Kier alpha value is -18.9. The SMILES string of the molecule is CCC(=O)Cc1ccc(-c2cnc3n[nH]c(-c4cc5c(-c6ccccn6)cccc5[nH]4)c3c2)cn1.CCC(=O)Nc1cncc(-c2cnc3n[nH]c(-c4cc5c(-c6ccccn6)cccc5[nH]4)c3c2)c1.CN(C)C(=O)Nc1cncc(-c2cnc3n[nH]c(-c4cc5c(-c6cccc(Cl)c6)cccc5[nH]4)c3c2)c1.CN1CCN(C(=O)Nc2cncc(-c3cnc4n[nH]c(-c5cc6c(-c7cccc(Cl)c7)cccc6[nH]5)c4c3)c2)CC1. The van der Waals surface area contributed by atoms with Crippen molar-refractivity contribution in [1.29, 1.82) is 0 Å². The molecule has 1 aliphatic heterocycles. The summed E-state index contributed by atoms with van der Waals surface area (Å²) in [6.07, 6.45) is 24.0. The van der Waals surface area contributed by atoms with E-state index in [1.165, 1.54) is 4.90 Å². The quantitative estimate of drug-likeness (QED) is 0.0358.